The third kappa shape index (κ3) is 2.84. The Labute approximate surface area is 124 Å². The SMILES string of the molecule is CCC(Br)C(=O)Nc1sc2c(c1C(=O)OC)CCC2. The molecule has 1 aromatic heterocycles. The fourth-order valence-electron chi connectivity index (χ4n) is 2.19. The average Bonchev–Trinajstić information content (AvgIpc) is 2.96. The molecule has 0 spiro atoms. The summed E-state index contributed by atoms with van der Waals surface area (Å²) in [4.78, 5) is 24.8. The Bertz CT molecular complexity index is 512. The molecule has 6 heteroatoms. The van der Waals surface area contributed by atoms with Gasteiger partial charge in [-0.25, -0.2) is 4.79 Å². The van der Waals surface area contributed by atoms with Crippen molar-refractivity contribution in [2.75, 3.05) is 12.4 Å². The lowest BCUT2D eigenvalue weighted by atomic mass is 10.1. The number of alkyl halides is 1. The number of nitrogens with one attached hydrogen (secondary N) is 1. The molecule has 2 rings (SSSR count). The molecule has 1 amide bonds. The molecule has 19 heavy (non-hydrogen) atoms. The number of hydrogen-bond donors (Lipinski definition) is 1. The molecule has 0 radical (unpaired) electrons. The smallest absolute Gasteiger partial charge is 0.341 e. The van der Waals surface area contributed by atoms with Gasteiger partial charge < -0.3 is 10.1 Å². The van der Waals surface area contributed by atoms with Crippen LogP contribution in [0.4, 0.5) is 5.00 Å². The van der Waals surface area contributed by atoms with E-state index in [1.165, 1.54) is 23.3 Å². The van der Waals surface area contributed by atoms with Crippen molar-refractivity contribution in [3.05, 3.63) is 16.0 Å². The highest BCUT2D eigenvalue weighted by Crippen LogP contribution is 2.39. The predicted octanol–water partition coefficient (Wildman–Crippen LogP) is 3.14. The maximum absolute atomic E-state index is 11.9. The van der Waals surface area contributed by atoms with Gasteiger partial charge in [-0.1, -0.05) is 22.9 Å². The van der Waals surface area contributed by atoms with Crippen molar-refractivity contribution in [2.45, 2.75) is 37.4 Å². The molecule has 1 aliphatic rings. The highest BCUT2D eigenvalue weighted by atomic mass is 79.9. The van der Waals surface area contributed by atoms with Crippen LogP contribution in [-0.4, -0.2) is 23.8 Å². The standard InChI is InChI=1S/C13H16BrNO3S/c1-3-8(14)11(16)15-12-10(13(17)18-2)7-5-4-6-9(7)19-12/h8H,3-6H2,1-2H3,(H,15,16). The Hall–Kier alpha value is -0.880. The van der Waals surface area contributed by atoms with Crippen molar-refractivity contribution in [3.63, 3.8) is 0 Å². The minimum atomic E-state index is -0.364. The number of ether oxygens (including phenoxy) is 1. The van der Waals surface area contributed by atoms with E-state index in [2.05, 4.69) is 21.2 Å². The van der Waals surface area contributed by atoms with Gasteiger partial charge in [-0.2, -0.15) is 0 Å². The zero-order valence-electron chi connectivity index (χ0n) is 10.9. The molecule has 1 atom stereocenters. The Morgan fingerprint density at radius 3 is 2.84 bits per heavy atom. The molecule has 1 unspecified atom stereocenters. The molecule has 1 aromatic rings. The van der Waals surface area contributed by atoms with E-state index in [1.54, 1.807) is 0 Å². The summed E-state index contributed by atoms with van der Waals surface area (Å²) in [5.41, 5.74) is 1.60. The number of aryl methyl sites for hydroxylation is 1. The fraction of sp³-hybridized carbons (Fsp3) is 0.538. The van der Waals surface area contributed by atoms with Crippen molar-refractivity contribution >= 4 is 44.1 Å². The van der Waals surface area contributed by atoms with Gasteiger partial charge in [0.15, 0.2) is 0 Å². The zero-order chi connectivity index (χ0) is 14.0. The highest BCUT2D eigenvalue weighted by molar-refractivity contribution is 9.10. The van der Waals surface area contributed by atoms with Crippen LogP contribution in [-0.2, 0) is 22.4 Å². The van der Waals surface area contributed by atoms with E-state index in [0.717, 1.165) is 24.8 Å². The van der Waals surface area contributed by atoms with Crippen LogP contribution in [0, 0.1) is 0 Å². The molecule has 1 aliphatic carbocycles. The predicted molar refractivity (Wildman–Crippen MR) is 79.3 cm³/mol. The number of carbonyl (C=O) groups is 2. The number of rotatable bonds is 4. The summed E-state index contributed by atoms with van der Waals surface area (Å²) >= 11 is 4.81. The fourth-order valence-corrected chi connectivity index (χ4v) is 3.58. The summed E-state index contributed by atoms with van der Waals surface area (Å²) in [6.45, 7) is 1.93. The van der Waals surface area contributed by atoms with E-state index in [1.807, 2.05) is 6.92 Å². The molecule has 104 valence electrons. The van der Waals surface area contributed by atoms with Crippen molar-refractivity contribution < 1.29 is 14.3 Å². The number of methoxy groups -OCH3 is 1. The van der Waals surface area contributed by atoms with E-state index >= 15 is 0 Å². The lowest BCUT2D eigenvalue weighted by Crippen LogP contribution is -2.22. The van der Waals surface area contributed by atoms with Crippen molar-refractivity contribution in [1.82, 2.24) is 0 Å². The summed E-state index contributed by atoms with van der Waals surface area (Å²) in [5, 5.41) is 3.46. The lowest BCUT2D eigenvalue weighted by Gasteiger charge is -2.09. The molecular weight excluding hydrogens is 330 g/mol. The molecule has 0 bridgehead atoms. The topological polar surface area (TPSA) is 55.4 Å². The van der Waals surface area contributed by atoms with E-state index < -0.39 is 0 Å². The Morgan fingerprint density at radius 2 is 2.21 bits per heavy atom. The number of esters is 1. The van der Waals surface area contributed by atoms with Crippen molar-refractivity contribution in [1.29, 1.82) is 0 Å². The molecule has 1 N–H and O–H groups in total. The summed E-state index contributed by atoms with van der Waals surface area (Å²) in [7, 11) is 1.37. The van der Waals surface area contributed by atoms with Crippen LogP contribution < -0.4 is 5.32 Å². The number of anilines is 1. The Kier molecular flexibility index (Phi) is 4.62. The largest absolute Gasteiger partial charge is 0.465 e. The molecule has 4 nitrogen and oxygen atoms in total. The Balaban J connectivity index is 2.30. The minimum Gasteiger partial charge on any atom is -0.465 e. The van der Waals surface area contributed by atoms with Gasteiger partial charge in [0.05, 0.1) is 17.5 Å². The number of thiophene rings is 1. The van der Waals surface area contributed by atoms with Crippen LogP contribution in [0.15, 0.2) is 0 Å². The van der Waals surface area contributed by atoms with Gasteiger partial charge in [0.1, 0.15) is 5.00 Å². The summed E-state index contributed by atoms with van der Waals surface area (Å²) in [6.07, 6.45) is 3.63. The van der Waals surface area contributed by atoms with Crippen molar-refractivity contribution in [2.24, 2.45) is 0 Å². The molecule has 0 fully saturated rings. The first-order valence-corrected chi connectivity index (χ1v) is 7.99. The normalized spacial score (nSPS) is 14.9. The number of amides is 1. The highest BCUT2D eigenvalue weighted by Gasteiger charge is 2.28. The van der Waals surface area contributed by atoms with Crippen LogP contribution >= 0.6 is 27.3 Å². The van der Waals surface area contributed by atoms with E-state index in [4.69, 9.17) is 4.74 Å². The van der Waals surface area contributed by atoms with Crippen LogP contribution in [0.2, 0.25) is 0 Å². The van der Waals surface area contributed by atoms with Gasteiger partial charge in [-0.05, 0) is 31.2 Å². The van der Waals surface area contributed by atoms with Gasteiger partial charge in [0, 0.05) is 4.88 Å². The van der Waals surface area contributed by atoms with Gasteiger partial charge >= 0.3 is 5.97 Å². The zero-order valence-corrected chi connectivity index (χ0v) is 13.3. The minimum absolute atomic E-state index is 0.118. The molecule has 0 saturated heterocycles. The van der Waals surface area contributed by atoms with Gasteiger partial charge in [-0.3, -0.25) is 4.79 Å². The maximum atomic E-state index is 11.9. The summed E-state index contributed by atoms with van der Waals surface area (Å²) in [6, 6.07) is 0. The first kappa shape index (κ1) is 14.5. The quantitative estimate of drug-likeness (QED) is 0.673. The second-order valence-electron chi connectivity index (χ2n) is 4.42. The number of fused-ring (bicyclic) bond motifs is 1. The third-order valence-corrected chi connectivity index (χ3v) is 5.46. The van der Waals surface area contributed by atoms with E-state index in [9.17, 15) is 9.59 Å². The molecule has 0 aromatic carbocycles. The molecule has 0 aliphatic heterocycles. The van der Waals surface area contributed by atoms with Gasteiger partial charge in [0.25, 0.3) is 0 Å². The summed E-state index contributed by atoms with van der Waals surface area (Å²) in [5.74, 6) is -0.482. The summed E-state index contributed by atoms with van der Waals surface area (Å²) < 4.78 is 4.83. The Morgan fingerprint density at radius 1 is 1.47 bits per heavy atom. The first-order chi connectivity index (χ1) is 9.08. The van der Waals surface area contributed by atoms with Crippen LogP contribution in [0.1, 0.15) is 40.6 Å². The van der Waals surface area contributed by atoms with Crippen molar-refractivity contribution in [3.8, 4) is 0 Å². The average molecular weight is 346 g/mol. The number of halogens is 1. The molecular formula is C13H16BrNO3S. The second-order valence-corrected chi connectivity index (χ2v) is 6.63. The van der Waals surface area contributed by atoms with Crippen LogP contribution in [0.25, 0.3) is 0 Å². The van der Waals surface area contributed by atoms with E-state index in [-0.39, 0.29) is 16.7 Å². The van der Waals surface area contributed by atoms with E-state index in [0.29, 0.717) is 17.0 Å². The molecule has 1 heterocycles. The first-order valence-electron chi connectivity index (χ1n) is 6.26. The number of hydrogen-bond acceptors (Lipinski definition) is 4. The van der Waals surface area contributed by atoms with Crippen LogP contribution in [0.5, 0.6) is 0 Å². The number of carbonyl (C=O) groups excluding carboxylic acids is 2. The third-order valence-electron chi connectivity index (χ3n) is 3.19. The second kappa shape index (κ2) is 6.05. The van der Waals surface area contributed by atoms with Gasteiger partial charge in [-0.15, -0.1) is 11.3 Å². The van der Waals surface area contributed by atoms with Crippen LogP contribution in [0.3, 0.4) is 0 Å². The van der Waals surface area contributed by atoms with Gasteiger partial charge in [0.2, 0.25) is 5.91 Å². The molecule has 0 saturated carbocycles. The monoisotopic (exact) mass is 345 g/mol. The lowest BCUT2D eigenvalue weighted by molar-refractivity contribution is -0.115. The maximum Gasteiger partial charge on any atom is 0.341 e.